The Morgan fingerprint density at radius 3 is 2.90 bits per heavy atom. The molecule has 20 heavy (non-hydrogen) atoms. The van der Waals surface area contributed by atoms with Gasteiger partial charge in [0.05, 0.1) is 11.4 Å². The molecule has 0 saturated carbocycles. The molecule has 1 aromatic heterocycles. The zero-order valence-electron chi connectivity index (χ0n) is 11.0. The molecular weight excluding hydrogens is 325 g/mol. The quantitative estimate of drug-likeness (QED) is 0.893. The zero-order valence-corrected chi connectivity index (χ0v) is 12.6. The third kappa shape index (κ3) is 3.19. The largest absolute Gasteiger partial charge is 0.397 e. The highest BCUT2D eigenvalue weighted by Gasteiger charge is 2.14. The average molecular weight is 340 g/mol. The van der Waals surface area contributed by atoms with Gasteiger partial charge in [0.25, 0.3) is 5.91 Å². The summed E-state index contributed by atoms with van der Waals surface area (Å²) in [5.74, 6) is -0.865. The number of nitrogen functional groups attached to an aromatic ring is 1. The first-order chi connectivity index (χ1) is 9.51. The van der Waals surface area contributed by atoms with Crippen molar-refractivity contribution in [3.8, 4) is 0 Å². The van der Waals surface area contributed by atoms with E-state index in [1.165, 1.54) is 12.1 Å². The van der Waals surface area contributed by atoms with Crippen molar-refractivity contribution in [2.45, 2.75) is 19.9 Å². The zero-order chi connectivity index (χ0) is 14.7. The van der Waals surface area contributed by atoms with E-state index in [1.54, 1.807) is 22.9 Å². The van der Waals surface area contributed by atoms with Gasteiger partial charge in [-0.2, -0.15) is 0 Å². The molecule has 0 aliphatic carbocycles. The lowest BCUT2D eigenvalue weighted by Gasteiger charge is -2.09. The minimum Gasteiger partial charge on any atom is -0.397 e. The van der Waals surface area contributed by atoms with Gasteiger partial charge in [0.15, 0.2) is 0 Å². The van der Waals surface area contributed by atoms with Crippen LogP contribution in [0.25, 0.3) is 0 Å². The summed E-state index contributed by atoms with van der Waals surface area (Å²) in [5, 5.41) is 2.56. The second-order valence-electron chi connectivity index (χ2n) is 4.43. The van der Waals surface area contributed by atoms with E-state index in [1.807, 2.05) is 6.92 Å². The Kier molecular flexibility index (Phi) is 4.44. The fraction of sp³-hybridized carbons (Fsp3) is 0.214. The second-order valence-corrected chi connectivity index (χ2v) is 5.35. The molecule has 3 N–H and O–H groups in total. The predicted octanol–water partition coefficient (Wildman–Crippen LogP) is 3.63. The Morgan fingerprint density at radius 2 is 2.20 bits per heavy atom. The number of amides is 1. The van der Waals surface area contributed by atoms with Gasteiger partial charge < -0.3 is 15.6 Å². The van der Waals surface area contributed by atoms with Gasteiger partial charge in [-0.15, -0.1) is 0 Å². The second kappa shape index (κ2) is 6.09. The van der Waals surface area contributed by atoms with Crippen LogP contribution >= 0.6 is 15.9 Å². The Labute approximate surface area is 124 Å². The van der Waals surface area contributed by atoms with Crippen molar-refractivity contribution in [2.75, 3.05) is 11.1 Å². The maximum absolute atomic E-state index is 13.6. The number of carbonyl (C=O) groups is 1. The van der Waals surface area contributed by atoms with Crippen molar-refractivity contribution in [1.82, 2.24) is 4.57 Å². The van der Waals surface area contributed by atoms with Gasteiger partial charge in [0.2, 0.25) is 0 Å². The molecule has 1 heterocycles. The molecule has 0 aliphatic heterocycles. The number of rotatable bonds is 4. The monoisotopic (exact) mass is 339 g/mol. The van der Waals surface area contributed by atoms with Gasteiger partial charge in [-0.05, 0) is 30.7 Å². The molecule has 1 amide bonds. The van der Waals surface area contributed by atoms with Crippen LogP contribution in [0.5, 0.6) is 0 Å². The van der Waals surface area contributed by atoms with E-state index in [-0.39, 0.29) is 11.6 Å². The fourth-order valence-corrected chi connectivity index (χ4v) is 2.29. The molecule has 1 aromatic carbocycles. The maximum atomic E-state index is 13.6. The summed E-state index contributed by atoms with van der Waals surface area (Å²) in [6, 6.07) is 5.96. The fourth-order valence-electron chi connectivity index (χ4n) is 1.93. The van der Waals surface area contributed by atoms with E-state index in [9.17, 15) is 9.18 Å². The molecule has 0 saturated heterocycles. The number of nitrogens with zero attached hydrogens (tertiary/aromatic N) is 1. The highest BCUT2D eigenvalue weighted by Crippen LogP contribution is 2.21. The van der Waals surface area contributed by atoms with Crippen LogP contribution in [0.2, 0.25) is 0 Å². The molecule has 0 spiro atoms. The molecule has 0 unspecified atom stereocenters. The summed E-state index contributed by atoms with van der Waals surface area (Å²) in [7, 11) is 0. The van der Waals surface area contributed by atoms with E-state index >= 15 is 0 Å². The van der Waals surface area contributed by atoms with Crippen LogP contribution < -0.4 is 11.1 Å². The third-order valence-electron chi connectivity index (χ3n) is 2.79. The van der Waals surface area contributed by atoms with Gasteiger partial charge in [-0.1, -0.05) is 22.9 Å². The lowest BCUT2D eigenvalue weighted by Crippen LogP contribution is -2.17. The number of hydrogen-bond donors (Lipinski definition) is 2. The maximum Gasteiger partial charge on any atom is 0.272 e. The van der Waals surface area contributed by atoms with E-state index in [4.69, 9.17) is 5.73 Å². The van der Waals surface area contributed by atoms with Crippen molar-refractivity contribution in [2.24, 2.45) is 0 Å². The summed E-state index contributed by atoms with van der Waals surface area (Å²) in [4.78, 5) is 12.2. The molecule has 4 nitrogen and oxygen atoms in total. The van der Waals surface area contributed by atoms with Crippen LogP contribution in [0, 0.1) is 5.82 Å². The van der Waals surface area contributed by atoms with Crippen LogP contribution in [0.4, 0.5) is 15.8 Å². The third-order valence-corrected chi connectivity index (χ3v) is 3.28. The van der Waals surface area contributed by atoms with Gasteiger partial charge in [-0.3, -0.25) is 4.79 Å². The molecule has 6 heteroatoms. The van der Waals surface area contributed by atoms with Gasteiger partial charge >= 0.3 is 0 Å². The lowest BCUT2D eigenvalue weighted by molar-refractivity contribution is 0.101. The van der Waals surface area contributed by atoms with Gasteiger partial charge in [0, 0.05) is 17.2 Å². The standard InChI is InChI=1S/C14H15BrFN3O/c1-2-5-19-8-10(17)7-13(19)14(20)18-12-6-9(15)3-4-11(12)16/h3-4,6-8H,2,5,17H2,1H3,(H,18,20). The summed E-state index contributed by atoms with van der Waals surface area (Å²) in [6.07, 6.45) is 2.58. The summed E-state index contributed by atoms with van der Waals surface area (Å²) in [6.45, 7) is 2.69. The summed E-state index contributed by atoms with van der Waals surface area (Å²) in [5.41, 5.74) is 6.78. The number of nitrogens with one attached hydrogen (secondary N) is 1. The molecule has 0 bridgehead atoms. The number of carbonyl (C=O) groups excluding carboxylic acids is 1. The minimum absolute atomic E-state index is 0.132. The topological polar surface area (TPSA) is 60.0 Å². The predicted molar refractivity (Wildman–Crippen MR) is 81.2 cm³/mol. The number of halogens is 2. The van der Waals surface area contributed by atoms with E-state index in [0.29, 0.717) is 22.4 Å². The normalized spacial score (nSPS) is 10.6. The summed E-state index contributed by atoms with van der Waals surface area (Å²) >= 11 is 3.24. The SMILES string of the molecule is CCCn1cc(N)cc1C(=O)Nc1cc(Br)ccc1F. The van der Waals surface area contributed by atoms with Crippen LogP contribution in [0.15, 0.2) is 34.9 Å². The first-order valence-corrected chi connectivity index (χ1v) is 7.02. The van der Waals surface area contributed by atoms with Crippen LogP contribution in [-0.2, 0) is 6.54 Å². The molecule has 106 valence electrons. The van der Waals surface area contributed by atoms with Gasteiger partial charge in [0.1, 0.15) is 11.5 Å². The molecule has 0 aliphatic rings. The summed E-state index contributed by atoms with van der Waals surface area (Å²) < 4.78 is 16.1. The number of aryl methyl sites for hydroxylation is 1. The molecule has 0 fully saturated rings. The van der Waals surface area contributed by atoms with E-state index in [2.05, 4.69) is 21.2 Å². The van der Waals surface area contributed by atoms with Crippen molar-refractivity contribution >= 4 is 33.2 Å². The van der Waals surface area contributed by atoms with Crippen molar-refractivity contribution in [3.63, 3.8) is 0 Å². The van der Waals surface area contributed by atoms with Crippen molar-refractivity contribution in [1.29, 1.82) is 0 Å². The minimum atomic E-state index is -0.483. The molecule has 2 rings (SSSR count). The van der Waals surface area contributed by atoms with Crippen molar-refractivity contribution in [3.05, 3.63) is 46.4 Å². The number of anilines is 2. The first-order valence-electron chi connectivity index (χ1n) is 6.23. The Balaban J connectivity index is 2.26. The Morgan fingerprint density at radius 1 is 1.45 bits per heavy atom. The van der Waals surface area contributed by atoms with Crippen LogP contribution in [-0.4, -0.2) is 10.5 Å². The van der Waals surface area contributed by atoms with Crippen molar-refractivity contribution < 1.29 is 9.18 Å². The number of aromatic nitrogens is 1. The first kappa shape index (κ1) is 14.6. The highest BCUT2D eigenvalue weighted by molar-refractivity contribution is 9.10. The highest BCUT2D eigenvalue weighted by atomic mass is 79.9. The molecule has 2 aromatic rings. The van der Waals surface area contributed by atoms with Crippen LogP contribution in [0.3, 0.4) is 0 Å². The molecule has 0 atom stereocenters. The Hall–Kier alpha value is -1.82. The molecule has 0 radical (unpaired) electrons. The number of benzene rings is 1. The number of nitrogens with two attached hydrogens (primary N) is 1. The van der Waals surface area contributed by atoms with E-state index in [0.717, 1.165) is 6.42 Å². The van der Waals surface area contributed by atoms with Gasteiger partial charge in [-0.25, -0.2) is 4.39 Å². The smallest absolute Gasteiger partial charge is 0.272 e. The number of hydrogen-bond acceptors (Lipinski definition) is 2. The molecular formula is C14H15BrFN3O. The van der Waals surface area contributed by atoms with E-state index < -0.39 is 5.82 Å². The Bertz CT molecular complexity index is 639. The lowest BCUT2D eigenvalue weighted by atomic mass is 10.3. The average Bonchev–Trinajstić information content (AvgIpc) is 2.75. The van der Waals surface area contributed by atoms with Crippen LogP contribution in [0.1, 0.15) is 23.8 Å².